The maximum atomic E-state index is 13.4. The molecule has 0 saturated carbocycles. The molecular weight excluding hydrogens is 510 g/mol. The number of carbonyl (C=O) groups excluding carboxylic acids is 2. The zero-order chi connectivity index (χ0) is 26.4. The number of non-ortho nitro benzene ring substituents is 1. The van der Waals surface area contributed by atoms with E-state index in [-0.39, 0.29) is 17.5 Å². The first kappa shape index (κ1) is 25.9. The number of nitro groups is 1. The molecule has 0 aromatic heterocycles. The van der Waals surface area contributed by atoms with Crippen molar-refractivity contribution in [3.63, 3.8) is 0 Å². The lowest BCUT2D eigenvalue weighted by Crippen LogP contribution is -2.19. The van der Waals surface area contributed by atoms with Gasteiger partial charge in [-0.2, -0.15) is 0 Å². The van der Waals surface area contributed by atoms with Crippen LogP contribution in [0.15, 0.2) is 102 Å². The molecule has 2 amide bonds. The molecule has 4 rings (SSSR count). The molecule has 1 unspecified atom stereocenters. The molecule has 2 N–H and O–H groups in total. The first-order valence-electron chi connectivity index (χ1n) is 11.2. The number of halogens is 1. The average Bonchev–Trinajstić information content (AvgIpc) is 2.89. The summed E-state index contributed by atoms with van der Waals surface area (Å²) in [5.74, 6) is -0.572. The molecule has 0 spiro atoms. The van der Waals surface area contributed by atoms with Crippen LogP contribution in [-0.2, 0) is 4.79 Å². The quantitative estimate of drug-likeness (QED) is 0.141. The van der Waals surface area contributed by atoms with Crippen molar-refractivity contribution < 1.29 is 14.5 Å². The highest BCUT2D eigenvalue weighted by molar-refractivity contribution is 8.00. The smallest absolute Gasteiger partial charge is 0.269 e. The molecule has 4 aromatic carbocycles. The minimum absolute atomic E-state index is 0.0406. The van der Waals surface area contributed by atoms with E-state index in [1.54, 1.807) is 49.4 Å². The van der Waals surface area contributed by atoms with E-state index in [2.05, 4.69) is 10.6 Å². The highest BCUT2D eigenvalue weighted by Crippen LogP contribution is 2.37. The van der Waals surface area contributed by atoms with Crippen LogP contribution in [-0.4, -0.2) is 16.7 Å². The third kappa shape index (κ3) is 6.75. The Morgan fingerprint density at radius 3 is 2.35 bits per heavy atom. The van der Waals surface area contributed by atoms with E-state index in [1.807, 2.05) is 36.4 Å². The van der Waals surface area contributed by atoms with E-state index in [1.165, 1.54) is 30.0 Å². The van der Waals surface area contributed by atoms with Crippen molar-refractivity contribution in [1.82, 2.24) is 0 Å². The zero-order valence-corrected chi connectivity index (χ0v) is 21.3. The molecule has 7 nitrogen and oxygen atoms in total. The second-order valence-electron chi connectivity index (χ2n) is 8.15. The minimum Gasteiger partial charge on any atom is -0.325 e. The number of anilines is 2. The summed E-state index contributed by atoms with van der Waals surface area (Å²) in [4.78, 5) is 37.4. The van der Waals surface area contributed by atoms with E-state index in [0.29, 0.717) is 27.5 Å². The van der Waals surface area contributed by atoms with Gasteiger partial charge in [-0.1, -0.05) is 54.1 Å². The molecule has 1 atom stereocenters. The van der Waals surface area contributed by atoms with Crippen molar-refractivity contribution in [3.05, 3.63) is 129 Å². The molecule has 186 valence electrons. The fourth-order valence-electron chi connectivity index (χ4n) is 3.62. The molecule has 4 aromatic rings. The van der Waals surface area contributed by atoms with Gasteiger partial charge in [0.25, 0.3) is 11.6 Å². The van der Waals surface area contributed by atoms with E-state index in [4.69, 9.17) is 11.6 Å². The molecule has 0 aliphatic rings. The normalized spacial score (nSPS) is 11.4. The summed E-state index contributed by atoms with van der Waals surface area (Å²) in [5.41, 5.74) is 2.85. The van der Waals surface area contributed by atoms with Crippen LogP contribution < -0.4 is 10.6 Å². The Balaban J connectivity index is 1.55. The third-order valence-electron chi connectivity index (χ3n) is 5.45. The number of carbonyl (C=O) groups is 2. The number of hydrogen-bond donors (Lipinski definition) is 2. The van der Waals surface area contributed by atoms with E-state index < -0.39 is 10.2 Å². The van der Waals surface area contributed by atoms with E-state index >= 15 is 0 Å². The Labute approximate surface area is 223 Å². The van der Waals surface area contributed by atoms with Crippen LogP contribution in [0.2, 0.25) is 5.02 Å². The lowest BCUT2D eigenvalue weighted by atomic mass is 10.1. The van der Waals surface area contributed by atoms with Crippen molar-refractivity contribution in [2.75, 3.05) is 10.6 Å². The van der Waals surface area contributed by atoms with Gasteiger partial charge in [0.15, 0.2) is 0 Å². The predicted molar refractivity (Wildman–Crippen MR) is 147 cm³/mol. The zero-order valence-electron chi connectivity index (χ0n) is 19.7. The maximum Gasteiger partial charge on any atom is 0.269 e. The van der Waals surface area contributed by atoms with E-state index in [9.17, 15) is 19.7 Å². The number of nitro benzene ring substituents is 1. The van der Waals surface area contributed by atoms with Gasteiger partial charge in [-0.05, 0) is 60.5 Å². The SMILES string of the molecule is Cc1cc([N+](=O)[O-])ccc1NC(=O)C(Sc1cccc(NC(=O)c2cccc(Cl)c2)c1)c1ccccc1. The molecule has 0 bridgehead atoms. The van der Waals surface area contributed by atoms with Crippen LogP contribution in [0.4, 0.5) is 17.1 Å². The Hall–Kier alpha value is -4.14. The largest absolute Gasteiger partial charge is 0.325 e. The summed E-state index contributed by atoms with van der Waals surface area (Å²) >= 11 is 7.33. The van der Waals surface area contributed by atoms with Crippen LogP contribution in [0, 0.1) is 17.0 Å². The minimum atomic E-state index is -0.616. The first-order valence-corrected chi connectivity index (χ1v) is 12.5. The Morgan fingerprint density at radius 2 is 1.65 bits per heavy atom. The third-order valence-corrected chi connectivity index (χ3v) is 6.93. The number of aryl methyl sites for hydroxylation is 1. The van der Waals surface area contributed by atoms with Gasteiger partial charge in [0, 0.05) is 39.0 Å². The van der Waals surface area contributed by atoms with Crippen molar-refractivity contribution in [2.45, 2.75) is 17.1 Å². The van der Waals surface area contributed by atoms with Crippen molar-refractivity contribution in [2.24, 2.45) is 0 Å². The van der Waals surface area contributed by atoms with Gasteiger partial charge in [0.2, 0.25) is 5.91 Å². The fraction of sp³-hybridized carbons (Fsp3) is 0.0714. The van der Waals surface area contributed by atoms with Gasteiger partial charge in [-0.15, -0.1) is 11.8 Å². The van der Waals surface area contributed by atoms with Gasteiger partial charge in [0.05, 0.1) is 4.92 Å². The van der Waals surface area contributed by atoms with Crippen LogP contribution in [0.25, 0.3) is 0 Å². The van der Waals surface area contributed by atoms with Crippen molar-refractivity contribution in [1.29, 1.82) is 0 Å². The molecule has 0 aliphatic carbocycles. The van der Waals surface area contributed by atoms with Crippen LogP contribution in [0.3, 0.4) is 0 Å². The van der Waals surface area contributed by atoms with Crippen molar-refractivity contribution >= 4 is 52.2 Å². The van der Waals surface area contributed by atoms with Gasteiger partial charge in [0.1, 0.15) is 5.25 Å². The summed E-state index contributed by atoms with van der Waals surface area (Å²) in [5, 5.41) is 16.7. The first-order chi connectivity index (χ1) is 17.8. The maximum absolute atomic E-state index is 13.4. The fourth-order valence-corrected chi connectivity index (χ4v) is 4.89. The number of hydrogen-bond acceptors (Lipinski definition) is 5. The molecule has 0 fully saturated rings. The molecule has 0 heterocycles. The number of benzene rings is 4. The summed E-state index contributed by atoms with van der Waals surface area (Å²) in [7, 11) is 0. The number of nitrogens with one attached hydrogen (secondary N) is 2. The van der Waals surface area contributed by atoms with Crippen molar-refractivity contribution in [3.8, 4) is 0 Å². The number of nitrogens with zero attached hydrogens (tertiary/aromatic N) is 1. The number of thioether (sulfide) groups is 1. The Kier molecular flexibility index (Phi) is 8.22. The lowest BCUT2D eigenvalue weighted by molar-refractivity contribution is -0.384. The molecule has 0 radical (unpaired) electrons. The van der Waals surface area contributed by atoms with Crippen LogP contribution in [0.1, 0.15) is 26.7 Å². The lowest BCUT2D eigenvalue weighted by Gasteiger charge is -2.18. The molecule has 9 heteroatoms. The van der Waals surface area contributed by atoms with Crippen LogP contribution in [0.5, 0.6) is 0 Å². The van der Waals surface area contributed by atoms with Crippen LogP contribution >= 0.6 is 23.4 Å². The van der Waals surface area contributed by atoms with Gasteiger partial charge in [-0.25, -0.2) is 0 Å². The molecule has 0 aliphatic heterocycles. The van der Waals surface area contributed by atoms with Gasteiger partial charge >= 0.3 is 0 Å². The summed E-state index contributed by atoms with van der Waals surface area (Å²) in [6.45, 7) is 1.71. The standard InChI is InChI=1S/C28H22ClN3O4S/c1-18-15-23(32(35)36)13-14-25(18)31-28(34)26(19-7-3-2-4-8-19)37-24-12-6-11-22(17-24)30-27(33)20-9-5-10-21(29)16-20/h2-17,26H,1H3,(H,30,33)(H,31,34). The van der Waals surface area contributed by atoms with E-state index in [0.717, 1.165) is 10.5 Å². The monoisotopic (exact) mass is 531 g/mol. The average molecular weight is 532 g/mol. The Bertz CT molecular complexity index is 1460. The highest BCUT2D eigenvalue weighted by atomic mass is 35.5. The number of rotatable bonds is 8. The molecule has 37 heavy (non-hydrogen) atoms. The summed E-state index contributed by atoms with van der Waals surface area (Å²) < 4.78 is 0. The molecular formula is C28H22ClN3O4S. The van der Waals surface area contributed by atoms with Gasteiger partial charge < -0.3 is 10.6 Å². The predicted octanol–water partition coefficient (Wildman–Crippen LogP) is 7.28. The summed E-state index contributed by atoms with van der Waals surface area (Å²) in [6, 6.07) is 27.5. The molecule has 0 saturated heterocycles. The Morgan fingerprint density at radius 1 is 0.892 bits per heavy atom. The highest BCUT2D eigenvalue weighted by Gasteiger charge is 2.23. The topological polar surface area (TPSA) is 101 Å². The number of amides is 2. The second kappa shape index (κ2) is 11.7. The summed E-state index contributed by atoms with van der Waals surface area (Å²) in [6.07, 6.45) is 0. The second-order valence-corrected chi connectivity index (χ2v) is 9.76. The van der Waals surface area contributed by atoms with Gasteiger partial charge in [-0.3, -0.25) is 19.7 Å².